The molecule has 0 saturated carbocycles. The maximum absolute atomic E-state index is 11.5. The first kappa shape index (κ1) is 14.3. The Morgan fingerprint density at radius 2 is 2.17 bits per heavy atom. The van der Waals surface area contributed by atoms with Crippen LogP contribution >= 0.6 is 11.6 Å². The highest BCUT2D eigenvalue weighted by molar-refractivity contribution is 6.31. The van der Waals surface area contributed by atoms with E-state index in [-0.39, 0.29) is 18.1 Å². The number of amides is 1. The van der Waals surface area contributed by atoms with Crippen LogP contribution in [0.15, 0.2) is 18.2 Å². The molecule has 0 bridgehead atoms. The monoisotopic (exact) mass is 266 g/mol. The number of carbonyl (C=O) groups is 1. The standard InChI is InChI=1S/C13H15ClN2O2/c1-13(2,3)16-12(17)8-18-10-5-4-9(7-15)11(14)6-10/h4-6H,8H2,1-3H3,(H,16,17). The molecule has 0 radical (unpaired) electrons. The van der Waals surface area contributed by atoms with Gasteiger partial charge < -0.3 is 10.1 Å². The van der Waals surface area contributed by atoms with Crippen LogP contribution in [-0.4, -0.2) is 18.1 Å². The molecule has 0 fully saturated rings. The molecular formula is C13H15ClN2O2. The Bertz CT molecular complexity index is 487. The van der Waals surface area contributed by atoms with Crippen LogP contribution in [-0.2, 0) is 4.79 Å². The molecular weight excluding hydrogens is 252 g/mol. The van der Waals surface area contributed by atoms with Crippen LogP contribution in [0, 0.1) is 11.3 Å². The predicted molar refractivity (Wildman–Crippen MR) is 69.6 cm³/mol. The Morgan fingerprint density at radius 3 is 2.67 bits per heavy atom. The summed E-state index contributed by atoms with van der Waals surface area (Å²) in [6, 6.07) is 6.63. The molecule has 1 rings (SSSR count). The van der Waals surface area contributed by atoms with Gasteiger partial charge in [-0.05, 0) is 32.9 Å². The Balaban J connectivity index is 2.57. The lowest BCUT2D eigenvalue weighted by atomic mass is 10.1. The third-order valence-electron chi connectivity index (χ3n) is 1.95. The molecule has 18 heavy (non-hydrogen) atoms. The van der Waals surface area contributed by atoms with E-state index in [0.717, 1.165) is 0 Å². The van der Waals surface area contributed by atoms with Crippen LogP contribution in [0.1, 0.15) is 26.3 Å². The van der Waals surface area contributed by atoms with Gasteiger partial charge in [0.25, 0.3) is 5.91 Å². The fraction of sp³-hybridized carbons (Fsp3) is 0.385. The van der Waals surface area contributed by atoms with Crippen molar-refractivity contribution in [3.63, 3.8) is 0 Å². The summed E-state index contributed by atoms with van der Waals surface area (Å²) >= 11 is 5.85. The van der Waals surface area contributed by atoms with Gasteiger partial charge in [-0.1, -0.05) is 11.6 Å². The first-order valence-electron chi connectivity index (χ1n) is 5.45. The van der Waals surface area contributed by atoms with Gasteiger partial charge in [-0.15, -0.1) is 0 Å². The largest absolute Gasteiger partial charge is 0.484 e. The van der Waals surface area contributed by atoms with E-state index in [1.807, 2.05) is 26.8 Å². The highest BCUT2D eigenvalue weighted by atomic mass is 35.5. The van der Waals surface area contributed by atoms with Crippen molar-refractivity contribution in [2.45, 2.75) is 26.3 Å². The van der Waals surface area contributed by atoms with Crippen molar-refractivity contribution in [1.29, 1.82) is 5.26 Å². The minimum Gasteiger partial charge on any atom is -0.484 e. The van der Waals surface area contributed by atoms with Gasteiger partial charge in [-0.3, -0.25) is 4.79 Å². The number of rotatable bonds is 3. The van der Waals surface area contributed by atoms with E-state index in [4.69, 9.17) is 21.6 Å². The van der Waals surface area contributed by atoms with Crippen LogP contribution in [0.3, 0.4) is 0 Å². The van der Waals surface area contributed by atoms with Crippen LogP contribution in [0.4, 0.5) is 0 Å². The Morgan fingerprint density at radius 1 is 1.50 bits per heavy atom. The molecule has 0 atom stereocenters. The van der Waals surface area contributed by atoms with Gasteiger partial charge in [-0.2, -0.15) is 5.26 Å². The second-order valence-electron chi connectivity index (χ2n) is 4.84. The zero-order chi connectivity index (χ0) is 13.8. The van der Waals surface area contributed by atoms with E-state index < -0.39 is 0 Å². The molecule has 1 aromatic carbocycles. The van der Waals surface area contributed by atoms with E-state index in [9.17, 15) is 4.79 Å². The van der Waals surface area contributed by atoms with Crippen LogP contribution < -0.4 is 10.1 Å². The van der Waals surface area contributed by atoms with E-state index in [2.05, 4.69) is 5.32 Å². The minimum atomic E-state index is -0.289. The number of nitrogens with zero attached hydrogens (tertiary/aromatic N) is 1. The first-order valence-corrected chi connectivity index (χ1v) is 5.83. The van der Waals surface area contributed by atoms with Crippen molar-refractivity contribution < 1.29 is 9.53 Å². The molecule has 5 heteroatoms. The summed E-state index contributed by atoms with van der Waals surface area (Å²) in [5, 5.41) is 11.8. The number of nitrogens with one attached hydrogen (secondary N) is 1. The molecule has 0 aromatic heterocycles. The molecule has 1 aromatic rings. The van der Waals surface area contributed by atoms with E-state index in [0.29, 0.717) is 16.3 Å². The van der Waals surface area contributed by atoms with Crippen molar-refractivity contribution >= 4 is 17.5 Å². The van der Waals surface area contributed by atoms with E-state index in [1.165, 1.54) is 6.07 Å². The first-order chi connectivity index (χ1) is 8.31. The normalized spacial score (nSPS) is 10.6. The van der Waals surface area contributed by atoms with Crippen molar-refractivity contribution in [2.75, 3.05) is 6.61 Å². The predicted octanol–water partition coefficient (Wildman–Crippen LogP) is 2.51. The summed E-state index contributed by atoms with van der Waals surface area (Å²) in [7, 11) is 0. The van der Waals surface area contributed by atoms with Crippen LogP contribution in [0.5, 0.6) is 5.75 Å². The van der Waals surface area contributed by atoms with Gasteiger partial charge in [0.15, 0.2) is 6.61 Å². The second-order valence-corrected chi connectivity index (χ2v) is 5.25. The highest BCUT2D eigenvalue weighted by Crippen LogP contribution is 2.21. The molecule has 0 aliphatic carbocycles. The molecule has 0 aliphatic rings. The van der Waals surface area contributed by atoms with Gasteiger partial charge in [0.05, 0.1) is 10.6 Å². The van der Waals surface area contributed by atoms with Crippen LogP contribution in [0.2, 0.25) is 5.02 Å². The summed E-state index contributed by atoms with van der Waals surface area (Å²) in [5.74, 6) is 0.256. The maximum Gasteiger partial charge on any atom is 0.258 e. The molecule has 4 nitrogen and oxygen atoms in total. The molecule has 0 aliphatic heterocycles. The Hall–Kier alpha value is -1.73. The fourth-order valence-electron chi connectivity index (χ4n) is 1.28. The zero-order valence-corrected chi connectivity index (χ0v) is 11.3. The number of hydrogen-bond acceptors (Lipinski definition) is 3. The Labute approximate surface area is 112 Å². The number of carbonyl (C=O) groups excluding carboxylic acids is 1. The molecule has 1 N–H and O–H groups in total. The molecule has 0 heterocycles. The van der Waals surface area contributed by atoms with Crippen molar-refractivity contribution in [1.82, 2.24) is 5.32 Å². The molecule has 0 spiro atoms. The molecule has 0 unspecified atom stereocenters. The number of hydrogen-bond donors (Lipinski definition) is 1. The third-order valence-corrected chi connectivity index (χ3v) is 2.26. The molecule has 96 valence electrons. The van der Waals surface area contributed by atoms with Crippen molar-refractivity contribution in [3.05, 3.63) is 28.8 Å². The van der Waals surface area contributed by atoms with Gasteiger partial charge in [-0.25, -0.2) is 0 Å². The van der Waals surface area contributed by atoms with Crippen molar-refractivity contribution in [2.24, 2.45) is 0 Å². The van der Waals surface area contributed by atoms with E-state index >= 15 is 0 Å². The van der Waals surface area contributed by atoms with Crippen molar-refractivity contribution in [3.8, 4) is 11.8 Å². The number of benzene rings is 1. The van der Waals surface area contributed by atoms with E-state index in [1.54, 1.807) is 12.1 Å². The van der Waals surface area contributed by atoms with Gasteiger partial charge >= 0.3 is 0 Å². The summed E-state index contributed by atoms with van der Waals surface area (Å²) < 4.78 is 5.29. The summed E-state index contributed by atoms with van der Waals surface area (Å²) in [6.45, 7) is 5.59. The SMILES string of the molecule is CC(C)(C)NC(=O)COc1ccc(C#N)c(Cl)c1. The summed E-state index contributed by atoms with van der Waals surface area (Å²) in [6.07, 6.45) is 0. The van der Waals surface area contributed by atoms with Gasteiger partial charge in [0.2, 0.25) is 0 Å². The fourth-order valence-corrected chi connectivity index (χ4v) is 1.49. The third kappa shape index (κ3) is 4.64. The second kappa shape index (κ2) is 5.74. The zero-order valence-electron chi connectivity index (χ0n) is 10.6. The quantitative estimate of drug-likeness (QED) is 0.914. The lowest BCUT2D eigenvalue weighted by molar-refractivity contribution is -0.124. The van der Waals surface area contributed by atoms with Gasteiger partial charge in [0.1, 0.15) is 11.8 Å². The molecule has 1 amide bonds. The Kier molecular flexibility index (Phi) is 4.57. The highest BCUT2D eigenvalue weighted by Gasteiger charge is 2.14. The number of nitriles is 1. The summed E-state index contributed by atoms with van der Waals surface area (Å²) in [5.41, 5.74) is 0.0890. The minimum absolute atomic E-state index is 0.0838. The smallest absolute Gasteiger partial charge is 0.258 e. The lowest BCUT2D eigenvalue weighted by Gasteiger charge is -2.20. The number of halogens is 1. The summed E-state index contributed by atoms with van der Waals surface area (Å²) in [4.78, 5) is 11.5. The molecule has 0 saturated heterocycles. The maximum atomic E-state index is 11.5. The van der Waals surface area contributed by atoms with Gasteiger partial charge in [0, 0.05) is 11.6 Å². The lowest BCUT2D eigenvalue weighted by Crippen LogP contribution is -2.43. The average molecular weight is 267 g/mol. The topological polar surface area (TPSA) is 62.1 Å². The van der Waals surface area contributed by atoms with Crippen LogP contribution in [0.25, 0.3) is 0 Å². The number of ether oxygens (including phenoxy) is 1. The average Bonchev–Trinajstić information content (AvgIpc) is 2.24.